The normalized spacial score (nSPS) is 14.8. The van der Waals surface area contributed by atoms with Gasteiger partial charge in [-0.2, -0.15) is 0 Å². The van der Waals surface area contributed by atoms with Gasteiger partial charge in [0.25, 0.3) is 5.69 Å². The first-order valence-electron chi connectivity index (χ1n) is 8.13. The third-order valence-electron chi connectivity index (χ3n) is 3.96. The van der Waals surface area contributed by atoms with E-state index in [1.807, 2.05) is 12.1 Å². The van der Waals surface area contributed by atoms with E-state index in [0.29, 0.717) is 22.6 Å². The monoisotopic (exact) mass is 438 g/mol. The van der Waals surface area contributed by atoms with Crippen molar-refractivity contribution >= 4 is 39.6 Å². The van der Waals surface area contributed by atoms with E-state index in [-0.39, 0.29) is 17.3 Å². The third-order valence-corrected chi connectivity index (χ3v) is 4.46. The highest BCUT2D eigenvalue weighted by Gasteiger charge is 2.25. The van der Waals surface area contributed by atoms with Crippen molar-refractivity contribution in [2.75, 3.05) is 0 Å². The van der Waals surface area contributed by atoms with Crippen LogP contribution in [-0.4, -0.2) is 16.8 Å². The Bertz CT molecular complexity index is 1160. The van der Waals surface area contributed by atoms with Crippen LogP contribution in [0, 0.1) is 10.1 Å². The van der Waals surface area contributed by atoms with Crippen LogP contribution in [0.4, 0.5) is 5.69 Å². The van der Waals surface area contributed by atoms with Crippen LogP contribution < -0.4 is 0 Å². The minimum atomic E-state index is -0.599. The number of carbonyl (C=O) groups is 1. The number of esters is 1. The van der Waals surface area contributed by atoms with E-state index in [2.05, 4.69) is 20.9 Å². The van der Waals surface area contributed by atoms with Gasteiger partial charge in [-0.1, -0.05) is 34.1 Å². The van der Waals surface area contributed by atoms with Gasteiger partial charge in [-0.25, -0.2) is 9.79 Å². The molecule has 28 heavy (non-hydrogen) atoms. The highest BCUT2D eigenvalue weighted by atomic mass is 79.9. The molecular weight excluding hydrogens is 428 g/mol. The van der Waals surface area contributed by atoms with E-state index in [1.54, 1.807) is 42.5 Å². The number of hydrogen-bond donors (Lipinski definition) is 0. The molecule has 0 atom stereocenters. The first-order valence-corrected chi connectivity index (χ1v) is 8.93. The molecule has 0 fully saturated rings. The fraction of sp³-hybridized carbons (Fsp3) is 0. The molecule has 8 heteroatoms. The van der Waals surface area contributed by atoms with E-state index < -0.39 is 10.9 Å². The number of nitro groups is 1. The van der Waals surface area contributed by atoms with Crippen molar-refractivity contribution in [2.45, 2.75) is 0 Å². The number of aliphatic imine (C=N–C) groups is 1. The summed E-state index contributed by atoms with van der Waals surface area (Å²) in [5, 5.41) is 11.2. The first kappa shape index (κ1) is 17.9. The zero-order valence-electron chi connectivity index (χ0n) is 14.2. The molecule has 4 rings (SSSR count). The van der Waals surface area contributed by atoms with Crippen molar-refractivity contribution in [2.24, 2.45) is 4.99 Å². The molecule has 1 aliphatic heterocycles. The number of hydrogen-bond acceptors (Lipinski definition) is 6. The van der Waals surface area contributed by atoms with Crippen LogP contribution in [0.15, 0.2) is 80.2 Å². The SMILES string of the molecule is O=C1OC(c2cccc(Br)c2)=N/C1=C\c1ccc(-c2ccccc2[N+](=O)[O-])o1. The number of ether oxygens (including phenoxy) is 1. The number of nitrogens with zero attached hydrogens (tertiary/aromatic N) is 2. The summed E-state index contributed by atoms with van der Waals surface area (Å²) < 4.78 is 11.7. The van der Waals surface area contributed by atoms with Crippen molar-refractivity contribution < 1.29 is 18.9 Å². The van der Waals surface area contributed by atoms with Crippen molar-refractivity contribution in [3.05, 3.63) is 92.3 Å². The Morgan fingerprint density at radius 3 is 2.68 bits per heavy atom. The van der Waals surface area contributed by atoms with Crippen molar-refractivity contribution in [3.63, 3.8) is 0 Å². The van der Waals surface area contributed by atoms with Gasteiger partial charge in [0.2, 0.25) is 5.90 Å². The molecule has 3 aromatic rings. The van der Waals surface area contributed by atoms with Crippen molar-refractivity contribution in [3.8, 4) is 11.3 Å². The second kappa shape index (κ2) is 7.24. The maximum absolute atomic E-state index is 12.1. The molecule has 0 spiro atoms. The summed E-state index contributed by atoms with van der Waals surface area (Å²) in [6.07, 6.45) is 1.44. The lowest BCUT2D eigenvalue weighted by Crippen LogP contribution is -2.05. The van der Waals surface area contributed by atoms with Gasteiger partial charge < -0.3 is 9.15 Å². The van der Waals surface area contributed by atoms with E-state index in [0.717, 1.165) is 4.47 Å². The highest BCUT2D eigenvalue weighted by molar-refractivity contribution is 9.10. The van der Waals surface area contributed by atoms with E-state index in [4.69, 9.17) is 9.15 Å². The van der Waals surface area contributed by atoms with Crippen LogP contribution >= 0.6 is 15.9 Å². The fourth-order valence-electron chi connectivity index (χ4n) is 2.71. The van der Waals surface area contributed by atoms with Crippen LogP contribution in [0.1, 0.15) is 11.3 Å². The number of cyclic esters (lactones) is 1. The van der Waals surface area contributed by atoms with Crippen molar-refractivity contribution in [1.82, 2.24) is 0 Å². The van der Waals surface area contributed by atoms with E-state index in [1.165, 1.54) is 12.1 Å². The largest absolute Gasteiger partial charge is 0.456 e. The van der Waals surface area contributed by atoms with Crippen LogP contribution in [0.2, 0.25) is 0 Å². The van der Waals surface area contributed by atoms with Crippen LogP contribution in [-0.2, 0) is 9.53 Å². The second-order valence-electron chi connectivity index (χ2n) is 5.82. The standard InChI is InChI=1S/C20H11BrN2O5/c21-13-5-3-4-12(10-13)19-22-16(20(24)28-19)11-14-8-9-18(27-14)15-6-1-2-7-17(15)23(25)26/h1-11H/b16-11-. The van der Waals surface area contributed by atoms with Gasteiger partial charge in [-0.3, -0.25) is 10.1 Å². The molecule has 0 saturated carbocycles. The Hall–Kier alpha value is -3.52. The van der Waals surface area contributed by atoms with Gasteiger partial charge in [-0.05, 0) is 36.4 Å². The number of benzene rings is 2. The number of halogens is 1. The molecule has 0 aliphatic carbocycles. The van der Waals surface area contributed by atoms with Crippen molar-refractivity contribution in [1.29, 1.82) is 0 Å². The summed E-state index contributed by atoms with van der Waals surface area (Å²) in [6, 6.07) is 16.7. The summed E-state index contributed by atoms with van der Waals surface area (Å²) >= 11 is 3.36. The van der Waals surface area contributed by atoms with Gasteiger partial charge >= 0.3 is 5.97 Å². The molecular formula is C20H11BrN2O5. The predicted octanol–water partition coefficient (Wildman–Crippen LogP) is 4.96. The number of carbonyl (C=O) groups excluding carboxylic acids is 1. The molecule has 1 aliphatic rings. The molecule has 0 radical (unpaired) electrons. The Balaban J connectivity index is 1.66. The number of nitro benzene ring substituents is 1. The Morgan fingerprint density at radius 2 is 1.89 bits per heavy atom. The summed E-state index contributed by atoms with van der Waals surface area (Å²) in [5.41, 5.74) is 1.03. The minimum Gasteiger partial charge on any atom is -0.456 e. The van der Waals surface area contributed by atoms with Gasteiger partial charge in [0.15, 0.2) is 5.70 Å². The Morgan fingerprint density at radius 1 is 1.07 bits per heavy atom. The van der Waals surface area contributed by atoms with Gasteiger partial charge in [-0.15, -0.1) is 0 Å². The number of para-hydroxylation sites is 1. The predicted molar refractivity (Wildman–Crippen MR) is 106 cm³/mol. The molecule has 0 bridgehead atoms. The molecule has 1 aromatic heterocycles. The minimum absolute atomic E-state index is 0.0636. The summed E-state index contributed by atoms with van der Waals surface area (Å²) in [6.45, 7) is 0. The summed E-state index contributed by atoms with van der Waals surface area (Å²) in [4.78, 5) is 27.1. The van der Waals surface area contributed by atoms with Gasteiger partial charge in [0, 0.05) is 22.2 Å². The van der Waals surface area contributed by atoms with Gasteiger partial charge in [0.05, 0.1) is 10.5 Å². The molecule has 0 saturated heterocycles. The lowest BCUT2D eigenvalue weighted by molar-refractivity contribution is -0.384. The van der Waals surface area contributed by atoms with Crippen LogP contribution in [0.25, 0.3) is 17.4 Å². The lowest BCUT2D eigenvalue weighted by Gasteiger charge is -1.99. The molecule has 0 unspecified atom stereocenters. The maximum Gasteiger partial charge on any atom is 0.363 e. The summed E-state index contributed by atoms with van der Waals surface area (Å²) in [7, 11) is 0. The highest BCUT2D eigenvalue weighted by Crippen LogP contribution is 2.31. The molecule has 0 N–H and O–H groups in total. The van der Waals surface area contributed by atoms with Gasteiger partial charge in [0.1, 0.15) is 11.5 Å². The topological polar surface area (TPSA) is 94.9 Å². The summed E-state index contributed by atoms with van der Waals surface area (Å²) in [5.74, 6) is 0.252. The van der Waals surface area contributed by atoms with Crippen LogP contribution in [0.3, 0.4) is 0 Å². The zero-order valence-corrected chi connectivity index (χ0v) is 15.8. The first-order chi connectivity index (χ1) is 13.5. The third kappa shape index (κ3) is 3.49. The average Bonchev–Trinajstić information content (AvgIpc) is 3.29. The molecule has 2 aromatic carbocycles. The molecule has 2 heterocycles. The fourth-order valence-corrected chi connectivity index (χ4v) is 3.10. The molecule has 7 nitrogen and oxygen atoms in total. The average molecular weight is 439 g/mol. The van der Waals surface area contributed by atoms with E-state index >= 15 is 0 Å². The smallest absolute Gasteiger partial charge is 0.363 e. The second-order valence-corrected chi connectivity index (χ2v) is 6.74. The Labute approximate surface area is 167 Å². The Kier molecular flexibility index (Phi) is 4.62. The number of rotatable bonds is 4. The molecule has 138 valence electrons. The van der Waals surface area contributed by atoms with Crippen LogP contribution in [0.5, 0.6) is 0 Å². The molecule has 0 amide bonds. The lowest BCUT2D eigenvalue weighted by atomic mass is 10.1. The zero-order chi connectivity index (χ0) is 19.7. The quantitative estimate of drug-likeness (QED) is 0.248. The number of furan rings is 1. The maximum atomic E-state index is 12.1. The van der Waals surface area contributed by atoms with E-state index in [9.17, 15) is 14.9 Å².